The van der Waals surface area contributed by atoms with Gasteiger partial charge in [0.1, 0.15) is 0 Å². The van der Waals surface area contributed by atoms with Crippen molar-refractivity contribution in [1.29, 1.82) is 0 Å². The zero-order valence-corrected chi connectivity index (χ0v) is 7.66. The second-order valence-electron chi connectivity index (χ2n) is 3.58. The van der Waals surface area contributed by atoms with Gasteiger partial charge in [-0.3, -0.25) is 4.90 Å². The number of rotatable bonds is 2. The number of hydrogen-bond acceptors (Lipinski definition) is 2. The van der Waals surface area contributed by atoms with Crippen LogP contribution in [0.3, 0.4) is 0 Å². The van der Waals surface area contributed by atoms with Crippen LogP contribution in [0, 0.1) is 12.3 Å². The van der Waals surface area contributed by atoms with Crippen LogP contribution in [0.25, 0.3) is 0 Å². The maximum absolute atomic E-state index is 9.28. The lowest BCUT2D eigenvalue weighted by Crippen LogP contribution is -2.36. The lowest BCUT2D eigenvalue weighted by molar-refractivity contribution is 0.0888. The van der Waals surface area contributed by atoms with Gasteiger partial charge in [-0.2, -0.15) is 0 Å². The molecule has 0 aliphatic heterocycles. The highest BCUT2D eigenvalue weighted by molar-refractivity contribution is 4.90. The molecule has 1 rings (SSSR count). The third-order valence-corrected chi connectivity index (χ3v) is 2.63. The van der Waals surface area contributed by atoms with Crippen molar-refractivity contribution in [3.05, 3.63) is 0 Å². The molecule has 0 aromatic heterocycles. The smallest absolute Gasteiger partial charge is 0.0598 e. The average molecular weight is 167 g/mol. The van der Waals surface area contributed by atoms with E-state index < -0.39 is 0 Å². The number of aliphatic hydroxyl groups is 1. The van der Waals surface area contributed by atoms with Crippen LogP contribution in [-0.2, 0) is 0 Å². The quantitative estimate of drug-likeness (QED) is 0.616. The molecule has 1 aliphatic carbocycles. The molecule has 0 spiro atoms. The predicted molar refractivity (Wildman–Crippen MR) is 49.7 cm³/mol. The van der Waals surface area contributed by atoms with E-state index in [1.165, 1.54) is 0 Å². The standard InChI is InChI=1S/C10H17NO/c1-3-8-11(2)9-4-6-10(12)7-5-9/h1,9-10,12H,4-8H2,2H3. The van der Waals surface area contributed by atoms with Crippen LogP contribution < -0.4 is 0 Å². The van der Waals surface area contributed by atoms with Crippen LogP contribution in [-0.4, -0.2) is 35.7 Å². The van der Waals surface area contributed by atoms with Crippen molar-refractivity contribution >= 4 is 0 Å². The summed E-state index contributed by atoms with van der Waals surface area (Å²) in [5.41, 5.74) is 0. The Morgan fingerprint density at radius 3 is 2.50 bits per heavy atom. The Morgan fingerprint density at radius 2 is 2.00 bits per heavy atom. The van der Waals surface area contributed by atoms with Crippen molar-refractivity contribution in [3.63, 3.8) is 0 Å². The largest absolute Gasteiger partial charge is 0.393 e. The van der Waals surface area contributed by atoms with E-state index >= 15 is 0 Å². The Bertz CT molecular complexity index is 165. The molecule has 1 aliphatic rings. The lowest BCUT2D eigenvalue weighted by atomic mass is 9.92. The fraction of sp³-hybridized carbons (Fsp3) is 0.800. The first-order chi connectivity index (χ1) is 5.74. The van der Waals surface area contributed by atoms with E-state index in [1.54, 1.807) is 0 Å². The normalized spacial score (nSPS) is 30.2. The third kappa shape index (κ3) is 2.51. The van der Waals surface area contributed by atoms with E-state index in [9.17, 15) is 5.11 Å². The molecule has 0 radical (unpaired) electrons. The summed E-state index contributed by atoms with van der Waals surface area (Å²) in [4.78, 5) is 2.20. The maximum Gasteiger partial charge on any atom is 0.0598 e. The molecule has 12 heavy (non-hydrogen) atoms. The summed E-state index contributed by atoms with van der Waals surface area (Å²) in [7, 11) is 2.06. The van der Waals surface area contributed by atoms with Gasteiger partial charge in [-0.05, 0) is 32.7 Å². The van der Waals surface area contributed by atoms with Gasteiger partial charge in [-0.15, -0.1) is 6.42 Å². The van der Waals surface area contributed by atoms with Crippen LogP contribution in [0.4, 0.5) is 0 Å². The van der Waals surface area contributed by atoms with Gasteiger partial charge in [-0.1, -0.05) is 5.92 Å². The number of hydrogen-bond donors (Lipinski definition) is 1. The van der Waals surface area contributed by atoms with Gasteiger partial charge in [0.25, 0.3) is 0 Å². The van der Waals surface area contributed by atoms with Crippen molar-refractivity contribution in [1.82, 2.24) is 4.90 Å². The summed E-state index contributed by atoms with van der Waals surface area (Å²) in [6.45, 7) is 0.723. The number of aliphatic hydroxyl groups excluding tert-OH is 1. The van der Waals surface area contributed by atoms with Crippen LogP contribution in [0.5, 0.6) is 0 Å². The number of terminal acetylenes is 1. The number of nitrogens with zero attached hydrogens (tertiary/aromatic N) is 1. The third-order valence-electron chi connectivity index (χ3n) is 2.63. The molecular formula is C10H17NO. The van der Waals surface area contributed by atoms with Crippen molar-refractivity contribution < 1.29 is 5.11 Å². The predicted octanol–water partition coefficient (Wildman–Crippen LogP) is 0.855. The molecule has 0 aromatic carbocycles. The van der Waals surface area contributed by atoms with E-state index in [1.807, 2.05) is 0 Å². The van der Waals surface area contributed by atoms with Crippen LogP contribution >= 0.6 is 0 Å². The average Bonchev–Trinajstić information content (AvgIpc) is 2.06. The Labute approximate surface area is 74.6 Å². The molecule has 0 unspecified atom stereocenters. The lowest BCUT2D eigenvalue weighted by Gasteiger charge is -2.31. The van der Waals surface area contributed by atoms with Crippen molar-refractivity contribution in [2.45, 2.75) is 37.8 Å². The molecule has 0 aromatic rings. The first kappa shape index (κ1) is 9.57. The Morgan fingerprint density at radius 1 is 1.42 bits per heavy atom. The molecule has 0 amide bonds. The van der Waals surface area contributed by atoms with Gasteiger partial charge in [0.05, 0.1) is 12.6 Å². The second kappa shape index (κ2) is 4.49. The topological polar surface area (TPSA) is 23.5 Å². The second-order valence-corrected chi connectivity index (χ2v) is 3.58. The monoisotopic (exact) mass is 167 g/mol. The van der Waals surface area contributed by atoms with Crippen LogP contribution in [0.15, 0.2) is 0 Å². The highest BCUT2D eigenvalue weighted by Crippen LogP contribution is 2.21. The zero-order chi connectivity index (χ0) is 8.97. The first-order valence-corrected chi connectivity index (χ1v) is 4.56. The van der Waals surface area contributed by atoms with Gasteiger partial charge in [0.2, 0.25) is 0 Å². The fourth-order valence-corrected chi connectivity index (χ4v) is 1.77. The maximum atomic E-state index is 9.28. The summed E-state index contributed by atoms with van der Waals surface area (Å²) in [6, 6.07) is 0.587. The Hall–Kier alpha value is -0.520. The first-order valence-electron chi connectivity index (χ1n) is 4.56. The van der Waals surface area contributed by atoms with Crippen molar-refractivity contribution in [2.75, 3.05) is 13.6 Å². The summed E-state index contributed by atoms with van der Waals surface area (Å²) >= 11 is 0. The van der Waals surface area contributed by atoms with Gasteiger partial charge >= 0.3 is 0 Å². The molecule has 1 N–H and O–H groups in total. The van der Waals surface area contributed by atoms with Gasteiger partial charge in [0, 0.05) is 6.04 Å². The SMILES string of the molecule is C#CCN(C)C1CCC(O)CC1. The van der Waals surface area contributed by atoms with Crippen LogP contribution in [0.2, 0.25) is 0 Å². The van der Waals surface area contributed by atoms with Gasteiger partial charge in [-0.25, -0.2) is 0 Å². The van der Waals surface area contributed by atoms with E-state index in [2.05, 4.69) is 17.9 Å². The molecule has 0 heterocycles. The molecule has 1 saturated carbocycles. The molecular weight excluding hydrogens is 150 g/mol. The fourth-order valence-electron chi connectivity index (χ4n) is 1.77. The minimum Gasteiger partial charge on any atom is -0.393 e. The molecule has 0 bridgehead atoms. The molecule has 0 atom stereocenters. The van der Waals surface area contributed by atoms with E-state index in [-0.39, 0.29) is 6.10 Å². The Balaban J connectivity index is 2.30. The van der Waals surface area contributed by atoms with Crippen molar-refractivity contribution in [2.24, 2.45) is 0 Å². The van der Waals surface area contributed by atoms with Gasteiger partial charge < -0.3 is 5.11 Å². The van der Waals surface area contributed by atoms with E-state index in [0.29, 0.717) is 6.04 Å². The highest BCUT2D eigenvalue weighted by atomic mass is 16.3. The van der Waals surface area contributed by atoms with Gasteiger partial charge in [0.15, 0.2) is 0 Å². The summed E-state index contributed by atoms with van der Waals surface area (Å²) in [6.07, 6.45) is 9.18. The summed E-state index contributed by atoms with van der Waals surface area (Å²) < 4.78 is 0. The molecule has 2 nitrogen and oxygen atoms in total. The molecule has 68 valence electrons. The van der Waals surface area contributed by atoms with Crippen molar-refractivity contribution in [3.8, 4) is 12.3 Å². The van der Waals surface area contributed by atoms with Crippen LogP contribution in [0.1, 0.15) is 25.7 Å². The molecule has 0 saturated heterocycles. The Kier molecular flexibility index (Phi) is 3.58. The minimum atomic E-state index is -0.0690. The molecule has 2 heteroatoms. The highest BCUT2D eigenvalue weighted by Gasteiger charge is 2.21. The molecule has 1 fully saturated rings. The minimum absolute atomic E-state index is 0.0690. The van der Waals surface area contributed by atoms with E-state index in [0.717, 1.165) is 32.2 Å². The zero-order valence-electron chi connectivity index (χ0n) is 7.66. The summed E-state index contributed by atoms with van der Waals surface area (Å²) in [5, 5.41) is 9.28. The summed E-state index contributed by atoms with van der Waals surface area (Å²) in [5.74, 6) is 2.64. The van der Waals surface area contributed by atoms with E-state index in [4.69, 9.17) is 6.42 Å².